The average molecular weight is 228 g/mol. The standard InChI is InChI=1S/C10H12O6/c11-3-1-2-4(12)6-5(3)7(13)9(15)10(16)8(6)14/h1-4,7-8,11-16H. The highest BCUT2D eigenvalue weighted by atomic mass is 16.4. The molecule has 0 aromatic carbocycles. The van der Waals surface area contributed by atoms with E-state index in [1.54, 1.807) is 0 Å². The van der Waals surface area contributed by atoms with Gasteiger partial charge < -0.3 is 30.6 Å². The Bertz CT molecular complexity index is 372. The predicted octanol–water partition coefficient (Wildman–Crippen LogP) is -1.36. The number of rotatable bonds is 0. The van der Waals surface area contributed by atoms with Gasteiger partial charge in [-0.15, -0.1) is 0 Å². The molecule has 6 heteroatoms. The fourth-order valence-corrected chi connectivity index (χ4v) is 1.97. The quantitative estimate of drug-likeness (QED) is 0.285. The first-order valence-electron chi connectivity index (χ1n) is 4.71. The van der Waals surface area contributed by atoms with Crippen LogP contribution in [0.15, 0.2) is 34.8 Å². The molecule has 2 rings (SSSR count). The van der Waals surface area contributed by atoms with Gasteiger partial charge >= 0.3 is 0 Å². The molecule has 0 spiro atoms. The zero-order valence-corrected chi connectivity index (χ0v) is 8.15. The van der Waals surface area contributed by atoms with Gasteiger partial charge in [0.2, 0.25) is 0 Å². The summed E-state index contributed by atoms with van der Waals surface area (Å²) in [6.45, 7) is 0. The summed E-state index contributed by atoms with van der Waals surface area (Å²) in [5.74, 6) is -1.62. The largest absolute Gasteiger partial charge is 0.506 e. The molecule has 2 aliphatic carbocycles. The molecule has 6 nitrogen and oxygen atoms in total. The topological polar surface area (TPSA) is 121 Å². The summed E-state index contributed by atoms with van der Waals surface area (Å²) in [6.07, 6.45) is -3.19. The first kappa shape index (κ1) is 11.2. The van der Waals surface area contributed by atoms with Crippen LogP contribution < -0.4 is 0 Å². The van der Waals surface area contributed by atoms with Crippen LogP contribution in [0.2, 0.25) is 0 Å². The van der Waals surface area contributed by atoms with E-state index in [0.29, 0.717) is 0 Å². The normalized spacial score (nSPS) is 39.0. The number of hydrogen-bond acceptors (Lipinski definition) is 6. The van der Waals surface area contributed by atoms with E-state index in [4.69, 9.17) is 0 Å². The zero-order valence-electron chi connectivity index (χ0n) is 8.15. The van der Waals surface area contributed by atoms with E-state index in [-0.39, 0.29) is 11.1 Å². The van der Waals surface area contributed by atoms with Crippen molar-refractivity contribution in [3.05, 3.63) is 34.8 Å². The molecule has 16 heavy (non-hydrogen) atoms. The lowest BCUT2D eigenvalue weighted by atomic mass is 9.81. The van der Waals surface area contributed by atoms with Gasteiger partial charge in [0.25, 0.3) is 0 Å². The second kappa shape index (κ2) is 3.60. The van der Waals surface area contributed by atoms with Crippen LogP contribution in [-0.4, -0.2) is 55.1 Å². The molecular formula is C10H12O6. The maximum atomic E-state index is 9.61. The first-order valence-corrected chi connectivity index (χ1v) is 4.71. The first-order chi connectivity index (χ1) is 7.45. The molecule has 0 aromatic heterocycles. The van der Waals surface area contributed by atoms with Crippen LogP contribution in [0.3, 0.4) is 0 Å². The molecular weight excluding hydrogens is 216 g/mol. The zero-order chi connectivity index (χ0) is 12.0. The van der Waals surface area contributed by atoms with Crippen LogP contribution in [0, 0.1) is 0 Å². The van der Waals surface area contributed by atoms with E-state index in [9.17, 15) is 30.6 Å². The third-order valence-electron chi connectivity index (χ3n) is 2.82. The van der Waals surface area contributed by atoms with Crippen molar-refractivity contribution in [1.29, 1.82) is 0 Å². The maximum Gasteiger partial charge on any atom is 0.166 e. The number of hydrogen-bond donors (Lipinski definition) is 6. The summed E-state index contributed by atoms with van der Waals surface area (Å²) in [5, 5.41) is 57.0. The second-order valence-electron chi connectivity index (χ2n) is 3.76. The van der Waals surface area contributed by atoms with Crippen molar-refractivity contribution >= 4 is 0 Å². The van der Waals surface area contributed by atoms with Crippen molar-refractivity contribution in [2.45, 2.75) is 24.4 Å². The minimum absolute atomic E-state index is 0.0993. The lowest BCUT2D eigenvalue weighted by Crippen LogP contribution is -2.40. The Hall–Kier alpha value is -1.34. The van der Waals surface area contributed by atoms with Crippen molar-refractivity contribution in [2.75, 3.05) is 0 Å². The van der Waals surface area contributed by atoms with Gasteiger partial charge in [0.15, 0.2) is 11.5 Å². The van der Waals surface area contributed by atoms with Crippen LogP contribution in [0.4, 0.5) is 0 Å². The van der Waals surface area contributed by atoms with Crippen LogP contribution in [0.5, 0.6) is 0 Å². The molecule has 2 aliphatic rings. The Morgan fingerprint density at radius 2 is 1.00 bits per heavy atom. The Morgan fingerprint density at radius 1 is 0.688 bits per heavy atom. The van der Waals surface area contributed by atoms with E-state index in [1.165, 1.54) is 12.2 Å². The minimum Gasteiger partial charge on any atom is -0.506 e. The predicted molar refractivity (Wildman–Crippen MR) is 52.5 cm³/mol. The number of aliphatic hydroxyl groups is 6. The Labute approximate surface area is 90.7 Å². The third kappa shape index (κ3) is 1.35. The molecule has 0 saturated carbocycles. The van der Waals surface area contributed by atoms with E-state index >= 15 is 0 Å². The van der Waals surface area contributed by atoms with Gasteiger partial charge in [-0.3, -0.25) is 0 Å². The second-order valence-corrected chi connectivity index (χ2v) is 3.76. The Balaban J connectivity index is 2.53. The van der Waals surface area contributed by atoms with Crippen LogP contribution in [0.1, 0.15) is 0 Å². The van der Waals surface area contributed by atoms with Crippen molar-refractivity contribution in [3.8, 4) is 0 Å². The average Bonchev–Trinajstić information content (AvgIpc) is 2.26. The van der Waals surface area contributed by atoms with Crippen LogP contribution in [0.25, 0.3) is 0 Å². The number of aliphatic hydroxyl groups excluding tert-OH is 6. The van der Waals surface area contributed by atoms with Gasteiger partial charge in [-0.2, -0.15) is 0 Å². The maximum absolute atomic E-state index is 9.61. The van der Waals surface area contributed by atoms with Gasteiger partial charge in [-0.05, 0) is 0 Å². The molecule has 0 aromatic rings. The molecule has 4 atom stereocenters. The molecule has 0 amide bonds. The SMILES string of the molecule is OC1=C(O)C(O)C2=C(C(O)C=CC2O)C1O. The molecule has 0 saturated heterocycles. The van der Waals surface area contributed by atoms with Crippen LogP contribution >= 0.6 is 0 Å². The van der Waals surface area contributed by atoms with E-state index in [2.05, 4.69) is 0 Å². The summed E-state index contributed by atoms with van der Waals surface area (Å²) >= 11 is 0. The van der Waals surface area contributed by atoms with E-state index < -0.39 is 35.9 Å². The van der Waals surface area contributed by atoms with Gasteiger partial charge in [0, 0.05) is 11.1 Å². The van der Waals surface area contributed by atoms with Gasteiger partial charge in [-0.25, -0.2) is 0 Å². The summed E-state index contributed by atoms with van der Waals surface area (Å²) in [6, 6.07) is 0. The summed E-state index contributed by atoms with van der Waals surface area (Å²) < 4.78 is 0. The lowest BCUT2D eigenvalue weighted by molar-refractivity contribution is 0.0774. The molecule has 88 valence electrons. The molecule has 0 aliphatic heterocycles. The van der Waals surface area contributed by atoms with Gasteiger partial charge in [0.05, 0.1) is 12.2 Å². The fourth-order valence-electron chi connectivity index (χ4n) is 1.97. The van der Waals surface area contributed by atoms with Gasteiger partial charge in [0.1, 0.15) is 12.2 Å². The van der Waals surface area contributed by atoms with Crippen molar-refractivity contribution in [3.63, 3.8) is 0 Å². The minimum atomic E-state index is -1.62. The molecule has 0 heterocycles. The van der Waals surface area contributed by atoms with Crippen molar-refractivity contribution in [2.24, 2.45) is 0 Å². The lowest BCUT2D eigenvalue weighted by Gasteiger charge is -2.34. The Morgan fingerprint density at radius 3 is 1.31 bits per heavy atom. The molecule has 0 radical (unpaired) electrons. The molecule has 4 unspecified atom stereocenters. The van der Waals surface area contributed by atoms with E-state index in [0.717, 1.165) is 0 Å². The van der Waals surface area contributed by atoms with Gasteiger partial charge in [-0.1, -0.05) is 12.2 Å². The smallest absolute Gasteiger partial charge is 0.166 e. The molecule has 0 fully saturated rings. The van der Waals surface area contributed by atoms with Crippen LogP contribution in [-0.2, 0) is 0 Å². The van der Waals surface area contributed by atoms with Crippen molar-refractivity contribution in [1.82, 2.24) is 0 Å². The van der Waals surface area contributed by atoms with E-state index in [1.807, 2.05) is 0 Å². The third-order valence-corrected chi connectivity index (χ3v) is 2.82. The molecule has 0 bridgehead atoms. The highest BCUT2D eigenvalue weighted by Gasteiger charge is 2.41. The monoisotopic (exact) mass is 228 g/mol. The summed E-state index contributed by atoms with van der Waals surface area (Å²) in [5.41, 5.74) is -0.199. The highest BCUT2D eigenvalue weighted by Crippen LogP contribution is 2.35. The summed E-state index contributed by atoms with van der Waals surface area (Å²) in [4.78, 5) is 0. The molecule has 6 N–H and O–H groups in total. The highest BCUT2D eigenvalue weighted by molar-refractivity contribution is 5.47. The van der Waals surface area contributed by atoms with Crippen molar-refractivity contribution < 1.29 is 30.6 Å². The summed E-state index contributed by atoms with van der Waals surface area (Å²) in [7, 11) is 0. The fraction of sp³-hybridized carbons (Fsp3) is 0.400. The Kier molecular flexibility index (Phi) is 2.51.